The van der Waals surface area contributed by atoms with E-state index >= 15 is 0 Å². The molecular weight excluding hydrogens is 267 g/mol. The summed E-state index contributed by atoms with van der Waals surface area (Å²) >= 11 is 12.2. The van der Waals surface area contributed by atoms with Gasteiger partial charge in [-0.25, -0.2) is 0 Å². The van der Waals surface area contributed by atoms with Crippen molar-refractivity contribution in [3.8, 4) is 0 Å². The van der Waals surface area contributed by atoms with E-state index in [9.17, 15) is 0 Å². The Morgan fingerprint density at radius 3 is 2.44 bits per heavy atom. The molecule has 1 aliphatic heterocycles. The lowest BCUT2D eigenvalue weighted by Gasteiger charge is -2.35. The third kappa shape index (κ3) is 2.67. The maximum atomic E-state index is 6.16. The molecule has 2 aliphatic rings. The van der Waals surface area contributed by atoms with Crippen LogP contribution in [0.2, 0.25) is 10.0 Å². The van der Waals surface area contributed by atoms with E-state index < -0.39 is 0 Å². The van der Waals surface area contributed by atoms with Gasteiger partial charge < -0.3 is 5.32 Å². The minimum Gasteiger partial charge on any atom is -0.314 e. The van der Waals surface area contributed by atoms with Gasteiger partial charge in [0.25, 0.3) is 0 Å². The third-order valence-corrected chi connectivity index (χ3v) is 4.64. The van der Waals surface area contributed by atoms with Gasteiger partial charge in [0.1, 0.15) is 0 Å². The van der Waals surface area contributed by atoms with Gasteiger partial charge in [-0.3, -0.25) is 4.90 Å². The molecule has 1 N–H and O–H groups in total. The highest BCUT2D eigenvalue weighted by atomic mass is 35.5. The van der Waals surface area contributed by atoms with Crippen LogP contribution in [0.3, 0.4) is 0 Å². The van der Waals surface area contributed by atoms with Crippen molar-refractivity contribution in [1.29, 1.82) is 0 Å². The Balaban J connectivity index is 1.85. The van der Waals surface area contributed by atoms with Crippen LogP contribution in [-0.4, -0.2) is 31.1 Å². The van der Waals surface area contributed by atoms with E-state index in [2.05, 4.69) is 22.3 Å². The molecule has 0 radical (unpaired) electrons. The molecule has 0 bridgehead atoms. The van der Waals surface area contributed by atoms with E-state index in [0.717, 1.165) is 32.1 Å². The van der Waals surface area contributed by atoms with E-state index in [0.29, 0.717) is 16.1 Å². The number of nitrogens with zero attached hydrogens (tertiary/aromatic N) is 1. The average Bonchev–Trinajstić information content (AvgIpc) is 3.20. The van der Waals surface area contributed by atoms with Crippen molar-refractivity contribution < 1.29 is 0 Å². The summed E-state index contributed by atoms with van der Waals surface area (Å²) in [6, 6.07) is 6.65. The first kappa shape index (κ1) is 12.7. The molecular formula is C14H18Cl2N2. The topological polar surface area (TPSA) is 15.3 Å². The lowest BCUT2D eigenvalue weighted by atomic mass is 10.00. The van der Waals surface area contributed by atoms with Crippen molar-refractivity contribution in [2.45, 2.75) is 18.9 Å². The summed E-state index contributed by atoms with van der Waals surface area (Å²) in [7, 11) is 0. The number of rotatable bonds is 3. The highest BCUT2D eigenvalue weighted by Crippen LogP contribution is 2.45. The second-order valence-electron chi connectivity index (χ2n) is 5.24. The van der Waals surface area contributed by atoms with E-state index in [1.807, 2.05) is 6.07 Å². The Hall–Kier alpha value is -0.280. The molecule has 1 saturated heterocycles. The monoisotopic (exact) mass is 284 g/mol. The molecule has 0 aromatic heterocycles. The normalized spacial score (nSPS) is 23.0. The first-order valence-corrected chi connectivity index (χ1v) is 7.41. The van der Waals surface area contributed by atoms with Crippen molar-refractivity contribution in [3.63, 3.8) is 0 Å². The molecule has 1 saturated carbocycles. The van der Waals surface area contributed by atoms with Crippen LogP contribution >= 0.6 is 23.2 Å². The molecule has 1 heterocycles. The van der Waals surface area contributed by atoms with E-state index in [1.165, 1.54) is 18.4 Å². The number of benzene rings is 1. The van der Waals surface area contributed by atoms with E-state index in [1.54, 1.807) is 0 Å². The highest BCUT2D eigenvalue weighted by molar-refractivity contribution is 6.42. The maximum absolute atomic E-state index is 6.16. The van der Waals surface area contributed by atoms with Crippen LogP contribution in [0.5, 0.6) is 0 Å². The fourth-order valence-corrected chi connectivity index (χ4v) is 3.16. The fraction of sp³-hybridized carbons (Fsp3) is 0.571. The molecule has 98 valence electrons. The summed E-state index contributed by atoms with van der Waals surface area (Å²) in [4.78, 5) is 2.59. The molecule has 1 aliphatic carbocycles. The number of halogens is 2. The smallest absolute Gasteiger partial charge is 0.0595 e. The van der Waals surface area contributed by atoms with Gasteiger partial charge in [0, 0.05) is 32.2 Å². The lowest BCUT2D eigenvalue weighted by Crippen LogP contribution is -2.45. The van der Waals surface area contributed by atoms with Gasteiger partial charge >= 0.3 is 0 Å². The van der Waals surface area contributed by atoms with Gasteiger partial charge in [-0.15, -0.1) is 0 Å². The van der Waals surface area contributed by atoms with E-state index in [-0.39, 0.29) is 0 Å². The Labute approximate surface area is 118 Å². The Kier molecular flexibility index (Phi) is 3.81. The first-order chi connectivity index (χ1) is 8.75. The molecule has 2 nitrogen and oxygen atoms in total. The highest BCUT2D eigenvalue weighted by Gasteiger charge is 2.36. The minimum absolute atomic E-state index is 0.530. The van der Waals surface area contributed by atoms with Crippen molar-refractivity contribution in [3.05, 3.63) is 33.8 Å². The first-order valence-electron chi connectivity index (χ1n) is 6.65. The quantitative estimate of drug-likeness (QED) is 0.916. The van der Waals surface area contributed by atoms with Gasteiger partial charge in [0.05, 0.1) is 10.0 Å². The predicted octanol–water partition coefficient (Wildman–Crippen LogP) is 3.35. The molecule has 0 amide bonds. The van der Waals surface area contributed by atoms with Gasteiger partial charge in [-0.1, -0.05) is 29.3 Å². The largest absolute Gasteiger partial charge is 0.314 e. The summed E-state index contributed by atoms with van der Waals surface area (Å²) in [5.41, 5.74) is 1.33. The van der Waals surface area contributed by atoms with Crippen LogP contribution < -0.4 is 5.32 Å². The number of hydrogen-bond acceptors (Lipinski definition) is 2. The summed E-state index contributed by atoms with van der Waals surface area (Å²) in [6.07, 6.45) is 2.68. The Morgan fingerprint density at radius 2 is 1.83 bits per heavy atom. The SMILES string of the molecule is Clc1ccc([C@@H](C2CC2)N2CCNCC2)cc1Cl. The number of nitrogens with one attached hydrogen (secondary N) is 1. The summed E-state index contributed by atoms with van der Waals surface area (Å²) < 4.78 is 0. The molecule has 0 unspecified atom stereocenters. The summed E-state index contributed by atoms with van der Waals surface area (Å²) in [5, 5.41) is 4.74. The van der Waals surface area contributed by atoms with Crippen LogP contribution in [0.1, 0.15) is 24.4 Å². The standard InChI is InChI=1S/C14H18Cl2N2/c15-12-4-3-11(9-13(12)16)14(10-1-2-10)18-7-5-17-6-8-18/h3-4,9-10,14,17H,1-2,5-8H2/t14-/m1/s1. The minimum atomic E-state index is 0.530. The molecule has 1 aromatic carbocycles. The van der Waals surface area contributed by atoms with Crippen molar-refractivity contribution in [2.24, 2.45) is 5.92 Å². The van der Waals surface area contributed by atoms with Crippen molar-refractivity contribution in [2.75, 3.05) is 26.2 Å². The third-order valence-electron chi connectivity index (χ3n) is 3.90. The van der Waals surface area contributed by atoms with Crippen molar-refractivity contribution in [1.82, 2.24) is 10.2 Å². The molecule has 0 spiro atoms. The second-order valence-corrected chi connectivity index (χ2v) is 6.06. The fourth-order valence-electron chi connectivity index (χ4n) is 2.85. The molecule has 1 aromatic rings. The summed E-state index contributed by atoms with van der Waals surface area (Å²) in [5.74, 6) is 0.806. The molecule has 18 heavy (non-hydrogen) atoms. The van der Waals surface area contributed by atoms with Crippen molar-refractivity contribution >= 4 is 23.2 Å². The number of hydrogen-bond donors (Lipinski definition) is 1. The molecule has 1 atom stereocenters. The van der Waals surface area contributed by atoms with Gasteiger partial charge in [0.15, 0.2) is 0 Å². The average molecular weight is 285 g/mol. The van der Waals surface area contributed by atoms with Crippen LogP contribution in [0, 0.1) is 5.92 Å². The maximum Gasteiger partial charge on any atom is 0.0595 e. The Bertz CT molecular complexity index is 426. The second kappa shape index (κ2) is 5.38. The van der Waals surface area contributed by atoms with Crippen LogP contribution in [0.25, 0.3) is 0 Å². The lowest BCUT2D eigenvalue weighted by molar-refractivity contribution is 0.156. The van der Waals surface area contributed by atoms with Gasteiger partial charge in [-0.2, -0.15) is 0 Å². The van der Waals surface area contributed by atoms with Crippen LogP contribution in [0.4, 0.5) is 0 Å². The van der Waals surface area contributed by atoms with Crippen LogP contribution in [-0.2, 0) is 0 Å². The van der Waals surface area contributed by atoms with Crippen LogP contribution in [0.15, 0.2) is 18.2 Å². The van der Waals surface area contributed by atoms with E-state index in [4.69, 9.17) is 23.2 Å². The predicted molar refractivity (Wildman–Crippen MR) is 76.4 cm³/mol. The summed E-state index contributed by atoms with van der Waals surface area (Å²) in [6.45, 7) is 4.43. The molecule has 4 heteroatoms. The molecule has 2 fully saturated rings. The zero-order valence-electron chi connectivity index (χ0n) is 10.3. The Morgan fingerprint density at radius 1 is 1.11 bits per heavy atom. The van der Waals surface area contributed by atoms with Gasteiger partial charge in [-0.05, 0) is 36.5 Å². The zero-order valence-corrected chi connectivity index (χ0v) is 11.8. The number of piperazine rings is 1. The van der Waals surface area contributed by atoms with Gasteiger partial charge in [0.2, 0.25) is 0 Å². The zero-order chi connectivity index (χ0) is 12.5. The molecule has 3 rings (SSSR count).